The molecule has 7 nitrogen and oxygen atoms in total. The van der Waals surface area contributed by atoms with Crippen LogP contribution < -0.4 is 5.32 Å². The van der Waals surface area contributed by atoms with Crippen molar-refractivity contribution in [1.29, 1.82) is 0 Å². The van der Waals surface area contributed by atoms with Crippen molar-refractivity contribution >= 4 is 17.7 Å². The van der Waals surface area contributed by atoms with Gasteiger partial charge in [-0.3, -0.25) is 4.79 Å². The van der Waals surface area contributed by atoms with E-state index >= 15 is 0 Å². The summed E-state index contributed by atoms with van der Waals surface area (Å²) in [7, 11) is 0. The van der Waals surface area contributed by atoms with Gasteiger partial charge in [0.05, 0.1) is 5.75 Å². The van der Waals surface area contributed by atoms with Crippen LogP contribution in [-0.4, -0.2) is 35.5 Å². The van der Waals surface area contributed by atoms with Gasteiger partial charge in [-0.15, -0.1) is 0 Å². The Hall–Kier alpha value is -1.80. The highest BCUT2D eigenvalue weighted by molar-refractivity contribution is 7.97. The molecule has 3 rings (SSSR count). The van der Waals surface area contributed by atoms with Gasteiger partial charge in [0.15, 0.2) is 11.6 Å². The number of furan rings is 1. The van der Waals surface area contributed by atoms with Crippen molar-refractivity contribution in [2.24, 2.45) is 0 Å². The summed E-state index contributed by atoms with van der Waals surface area (Å²) in [5.74, 6) is 2.72. The van der Waals surface area contributed by atoms with E-state index in [0.717, 1.165) is 31.0 Å². The van der Waals surface area contributed by atoms with E-state index < -0.39 is 0 Å². The Bertz CT molecular complexity index is 649. The maximum atomic E-state index is 12.0. The molecule has 1 amide bonds. The lowest BCUT2D eigenvalue weighted by Crippen LogP contribution is -2.25. The van der Waals surface area contributed by atoms with Gasteiger partial charge in [0.2, 0.25) is 0 Å². The van der Waals surface area contributed by atoms with Gasteiger partial charge in [-0.1, -0.05) is 5.16 Å². The molecule has 124 valence electrons. The van der Waals surface area contributed by atoms with Crippen molar-refractivity contribution in [3.63, 3.8) is 0 Å². The zero-order chi connectivity index (χ0) is 16.1. The first-order chi connectivity index (χ1) is 11.3. The summed E-state index contributed by atoms with van der Waals surface area (Å²) in [4.78, 5) is 16.3. The van der Waals surface area contributed by atoms with Gasteiger partial charge in [-0.25, -0.2) is 0 Å². The highest BCUT2D eigenvalue weighted by Gasteiger charge is 2.23. The summed E-state index contributed by atoms with van der Waals surface area (Å²) in [5.41, 5.74) is 0. The lowest BCUT2D eigenvalue weighted by atomic mass is 10.2. The van der Waals surface area contributed by atoms with Gasteiger partial charge in [0, 0.05) is 19.6 Å². The molecule has 1 atom stereocenters. The quantitative estimate of drug-likeness (QED) is 0.829. The van der Waals surface area contributed by atoms with E-state index in [1.165, 1.54) is 0 Å². The van der Waals surface area contributed by atoms with E-state index in [0.29, 0.717) is 30.4 Å². The lowest BCUT2D eigenvalue weighted by Gasteiger charge is -2.01. The van der Waals surface area contributed by atoms with Crippen LogP contribution in [0.1, 0.15) is 47.0 Å². The molecule has 3 heterocycles. The first-order valence-corrected chi connectivity index (χ1v) is 8.95. The topological polar surface area (TPSA) is 90.4 Å². The average Bonchev–Trinajstić information content (AvgIpc) is 3.28. The van der Waals surface area contributed by atoms with Crippen molar-refractivity contribution in [3.05, 3.63) is 35.4 Å². The summed E-state index contributed by atoms with van der Waals surface area (Å²) in [6.45, 7) is 1.15. The Morgan fingerprint density at radius 2 is 2.39 bits per heavy atom. The van der Waals surface area contributed by atoms with Gasteiger partial charge < -0.3 is 19.0 Å². The average molecular weight is 337 g/mol. The summed E-state index contributed by atoms with van der Waals surface area (Å²) in [5, 5.41) is 6.70. The first-order valence-electron chi connectivity index (χ1n) is 7.56. The summed E-state index contributed by atoms with van der Waals surface area (Å²) < 4.78 is 16.2. The van der Waals surface area contributed by atoms with Gasteiger partial charge >= 0.3 is 0 Å². The van der Waals surface area contributed by atoms with Crippen molar-refractivity contribution in [2.75, 3.05) is 19.4 Å². The molecule has 23 heavy (non-hydrogen) atoms. The molecule has 1 aliphatic heterocycles. The second-order valence-electron chi connectivity index (χ2n) is 5.26. The van der Waals surface area contributed by atoms with E-state index in [9.17, 15) is 4.79 Å². The smallest absolute Gasteiger partial charge is 0.287 e. The zero-order valence-electron chi connectivity index (χ0n) is 12.9. The Morgan fingerprint density at radius 3 is 3.17 bits per heavy atom. The minimum atomic E-state index is -0.236. The number of ether oxygens (including phenoxy) is 1. The van der Waals surface area contributed by atoms with Crippen LogP contribution >= 0.6 is 11.8 Å². The number of rotatable bonds is 7. The van der Waals surface area contributed by atoms with Crippen molar-refractivity contribution < 1.29 is 18.5 Å². The summed E-state index contributed by atoms with van der Waals surface area (Å²) >= 11 is 1.64. The highest BCUT2D eigenvalue weighted by Crippen LogP contribution is 2.26. The molecular formula is C15H19N3O4S. The molecule has 1 saturated heterocycles. The number of amides is 1. The Balaban J connectivity index is 1.46. The number of thioether (sulfide) groups is 1. The molecule has 0 bridgehead atoms. The van der Waals surface area contributed by atoms with Gasteiger partial charge in [0.1, 0.15) is 11.9 Å². The second-order valence-corrected chi connectivity index (χ2v) is 6.12. The molecule has 0 unspecified atom stereocenters. The minimum absolute atomic E-state index is 0.0798. The molecule has 2 aromatic heterocycles. The number of carbonyl (C=O) groups is 1. The Morgan fingerprint density at radius 1 is 1.48 bits per heavy atom. The molecule has 1 aliphatic rings. The molecule has 2 aromatic rings. The van der Waals surface area contributed by atoms with Crippen molar-refractivity contribution in [1.82, 2.24) is 15.5 Å². The first kappa shape index (κ1) is 16.1. The normalized spacial score (nSPS) is 17.5. The van der Waals surface area contributed by atoms with Gasteiger partial charge in [-0.2, -0.15) is 16.7 Å². The van der Waals surface area contributed by atoms with Crippen LogP contribution in [0.4, 0.5) is 0 Å². The molecule has 0 aliphatic carbocycles. The molecule has 1 N–H and O–H groups in total. The molecule has 0 spiro atoms. The molecule has 1 fully saturated rings. The number of nitrogens with one attached hydrogen (secondary N) is 1. The van der Waals surface area contributed by atoms with Gasteiger partial charge in [0.25, 0.3) is 11.8 Å². The predicted molar refractivity (Wildman–Crippen MR) is 84.2 cm³/mol. The van der Waals surface area contributed by atoms with Crippen LogP contribution in [0.15, 0.2) is 21.1 Å². The second kappa shape index (κ2) is 7.65. The van der Waals surface area contributed by atoms with E-state index in [4.69, 9.17) is 13.7 Å². The van der Waals surface area contributed by atoms with Crippen molar-refractivity contribution in [3.8, 4) is 0 Å². The van der Waals surface area contributed by atoms with E-state index in [2.05, 4.69) is 15.5 Å². The standard InChI is InChI=1S/C15H19N3O4S/c1-23-9-10-4-5-11(21-10)14(19)16-7-6-13-17-15(22-18-13)12-3-2-8-20-12/h4-5,12H,2-3,6-9H2,1H3,(H,16,19)/t12-/m0/s1. The molecular weight excluding hydrogens is 318 g/mol. The van der Waals surface area contributed by atoms with Crippen LogP contribution in [-0.2, 0) is 16.9 Å². The lowest BCUT2D eigenvalue weighted by molar-refractivity contribution is 0.0835. The fourth-order valence-corrected chi connectivity index (χ4v) is 2.81. The number of aromatic nitrogens is 2. The fourth-order valence-electron chi connectivity index (χ4n) is 2.37. The maximum Gasteiger partial charge on any atom is 0.287 e. The maximum absolute atomic E-state index is 12.0. The van der Waals surface area contributed by atoms with Crippen LogP contribution in [0, 0.1) is 0 Å². The van der Waals surface area contributed by atoms with Gasteiger partial charge in [-0.05, 0) is 31.2 Å². The largest absolute Gasteiger partial charge is 0.455 e. The number of hydrogen-bond donors (Lipinski definition) is 1. The third kappa shape index (κ3) is 4.14. The third-order valence-electron chi connectivity index (χ3n) is 3.50. The van der Waals surface area contributed by atoms with Crippen LogP contribution in [0.3, 0.4) is 0 Å². The van der Waals surface area contributed by atoms with Crippen LogP contribution in [0.25, 0.3) is 0 Å². The van der Waals surface area contributed by atoms with E-state index in [1.807, 2.05) is 12.3 Å². The summed E-state index contributed by atoms with van der Waals surface area (Å²) in [6, 6.07) is 3.50. The van der Waals surface area contributed by atoms with Crippen LogP contribution in [0.2, 0.25) is 0 Å². The summed E-state index contributed by atoms with van der Waals surface area (Å²) in [6.07, 6.45) is 4.33. The fraction of sp³-hybridized carbons (Fsp3) is 0.533. The molecule has 0 aromatic carbocycles. The van der Waals surface area contributed by atoms with E-state index in [1.54, 1.807) is 17.8 Å². The zero-order valence-corrected chi connectivity index (χ0v) is 13.7. The van der Waals surface area contributed by atoms with Crippen LogP contribution in [0.5, 0.6) is 0 Å². The third-order valence-corrected chi connectivity index (χ3v) is 4.07. The molecule has 0 radical (unpaired) electrons. The minimum Gasteiger partial charge on any atom is -0.455 e. The van der Waals surface area contributed by atoms with E-state index in [-0.39, 0.29) is 12.0 Å². The molecule has 0 saturated carbocycles. The predicted octanol–water partition coefficient (Wildman–Crippen LogP) is 2.35. The molecule has 8 heteroatoms. The number of carbonyl (C=O) groups excluding carboxylic acids is 1. The van der Waals surface area contributed by atoms with Crippen molar-refractivity contribution in [2.45, 2.75) is 31.1 Å². The SMILES string of the molecule is CSCc1ccc(C(=O)NCCc2noc([C@@H]3CCCO3)n2)o1. The monoisotopic (exact) mass is 337 g/mol. The number of nitrogens with zero attached hydrogens (tertiary/aromatic N) is 2. The highest BCUT2D eigenvalue weighted by atomic mass is 32.2. The Kier molecular flexibility index (Phi) is 5.35. The number of hydrogen-bond acceptors (Lipinski definition) is 7. The Labute approximate surface area is 138 Å².